The molecular formula is C54H105NO5. The van der Waals surface area contributed by atoms with Gasteiger partial charge in [0.15, 0.2) is 0 Å². The standard InChI is InChI=1S/C54H105NO5/c1-3-5-7-9-11-13-15-17-19-21-22-23-25-27-30-34-38-42-46-52(57)51(50-56)55-53(58)47-43-39-35-31-29-33-37-41-45-49-60-54(59)48-44-40-36-32-28-26-24-20-18-16-14-12-10-8-6-4-2/h42,46,51-52,56-57H,3-41,43-45,47-50H2,1-2H3,(H,55,58)/b46-42+. The summed E-state index contributed by atoms with van der Waals surface area (Å²) in [5.41, 5.74) is 0. The third-order valence-electron chi connectivity index (χ3n) is 12.6. The molecule has 0 aromatic rings. The highest BCUT2D eigenvalue weighted by Gasteiger charge is 2.18. The smallest absolute Gasteiger partial charge is 0.305 e. The van der Waals surface area contributed by atoms with Crippen molar-refractivity contribution in [3.8, 4) is 0 Å². The number of nitrogens with one attached hydrogen (secondary N) is 1. The first-order valence-corrected chi connectivity index (χ1v) is 27.0. The van der Waals surface area contributed by atoms with E-state index < -0.39 is 12.1 Å². The average Bonchev–Trinajstić information content (AvgIpc) is 3.25. The van der Waals surface area contributed by atoms with Crippen LogP contribution in [0.1, 0.15) is 296 Å². The molecule has 0 saturated carbocycles. The van der Waals surface area contributed by atoms with Gasteiger partial charge in [-0.15, -0.1) is 0 Å². The van der Waals surface area contributed by atoms with Crippen LogP contribution in [0.15, 0.2) is 12.2 Å². The van der Waals surface area contributed by atoms with E-state index in [9.17, 15) is 19.8 Å². The Kier molecular flexibility index (Phi) is 49.1. The van der Waals surface area contributed by atoms with Gasteiger partial charge in [0, 0.05) is 12.8 Å². The van der Waals surface area contributed by atoms with Gasteiger partial charge in [-0.25, -0.2) is 0 Å². The second-order valence-electron chi connectivity index (χ2n) is 18.6. The number of ether oxygens (including phenoxy) is 1. The van der Waals surface area contributed by atoms with E-state index in [1.165, 1.54) is 212 Å². The van der Waals surface area contributed by atoms with Crippen LogP contribution in [-0.4, -0.2) is 47.4 Å². The molecule has 0 aliphatic heterocycles. The first-order chi connectivity index (χ1) is 29.5. The van der Waals surface area contributed by atoms with Crippen LogP contribution in [0.25, 0.3) is 0 Å². The van der Waals surface area contributed by atoms with Gasteiger partial charge < -0.3 is 20.3 Å². The van der Waals surface area contributed by atoms with Gasteiger partial charge in [-0.2, -0.15) is 0 Å². The summed E-state index contributed by atoms with van der Waals surface area (Å²) >= 11 is 0. The van der Waals surface area contributed by atoms with E-state index in [4.69, 9.17) is 4.74 Å². The molecule has 0 aliphatic rings. The summed E-state index contributed by atoms with van der Waals surface area (Å²) in [5, 5.41) is 23.1. The van der Waals surface area contributed by atoms with Gasteiger partial charge in [-0.05, 0) is 32.1 Å². The predicted molar refractivity (Wildman–Crippen MR) is 260 cm³/mol. The lowest BCUT2D eigenvalue weighted by atomic mass is 10.0. The lowest BCUT2D eigenvalue weighted by molar-refractivity contribution is -0.143. The molecule has 356 valence electrons. The summed E-state index contributed by atoms with van der Waals surface area (Å²) in [6.45, 7) is 4.86. The molecule has 3 N–H and O–H groups in total. The molecule has 0 spiro atoms. The van der Waals surface area contributed by atoms with Crippen LogP contribution >= 0.6 is 0 Å². The predicted octanol–water partition coefficient (Wildman–Crippen LogP) is 16.1. The molecule has 2 unspecified atom stereocenters. The van der Waals surface area contributed by atoms with E-state index in [2.05, 4.69) is 19.2 Å². The quantitative estimate of drug-likeness (QED) is 0.0322. The summed E-state index contributed by atoms with van der Waals surface area (Å²) in [4.78, 5) is 24.5. The van der Waals surface area contributed by atoms with Gasteiger partial charge in [-0.1, -0.05) is 264 Å². The Balaban J connectivity index is 3.50. The molecule has 0 fully saturated rings. The third-order valence-corrected chi connectivity index (χ3v) is 12.6. The van der Waals surface area contributed by atoms with Gasteiger partial charge in [0.2, 0.25) is 5.91 Å². The molecule has 60 heavy (non-hydrogen) atoms. The van der Waals surface area contributed by atoms with Crippen LogP contribution in [0.2, 0.25) is 0 Å². The Labute approximate surface area is 374 Å². The SMILES string of the molecule is CCCCCCCCCCCCCCCCCC/C=C/C(O)C(CO)NC(=O)CCCCCCCCCCCOC(=O)CCCCCCCCCCCCCCCCCC. The van der Waals surface area contributed by atoms with Crippen molar-refractivity contribution in [2.24, 2.45) is 0 Å². The van der Waals surface area contributed by atoms with Crippen LogP contribution in [0.3, 0.4) is 0 Å². The summed E-state index contributed by atoms with van der Waals surface area (Å²) in [5.74, 6) is -0.116. The number of carbonyl (C=O) groups excluding carboxylic acids is 2. The van der Waals surface area contributed by atoms with Crippen molar-refractivity contribution in [2.45, 2.75) is 309 Å². The number of unbranched alkanes of at least 4 members (excludes halogenated alkanes) is 39. The summed E-state index contributed by atoms with van der Waals surface area (Å²) < 4.78 is 5.46. The van der Waals surface area contributed by atoms with Gasteiger partial charge in [0.05, 0.1) is 25.4 Å². The molecule has 0 aromatic carbocycles. The van der Waals surface area contributed by atoms with Crippen molar-refractivity contribution < 1.29 is 24.5 Å². The van der Waals surface area contributed by atoms with Crippen LogP contribution in [0.4, 0.5) is 0 Å². The zero-order valence-corrected chi connectivity index (χ0v) is 40.5. The Bertz CT molecular complexity index is 893. The second kappa shape index (κ2) is 50.2. The number of aliphatic hydroxyl groups excluding tert-OH is 2. The minimum Gasteiger partial charge on any atom is -0.466 e. The van der Waals surface area contributed by atoms with E-state index >= 15 is 0 Å². The summed E-state index contributed by atoms with van der Waals surface area (Å²) in [7, 11) is 0. The number of amides is 1. The molecule has 0 heterocycles. The molecule has 6 nitrogen and oxygen atoms in total. The van der Waals surface area contributed by atoms with E-state index in [0.29, 0.717) is 19.4 Å². The van der Waals surface area contributed by atoms with Crippen molar-refractivity contribution in [3.05, 3.63) is 12.2 Å². The Morgan fingerprint density at radius 1 is 0.450 bits per heavy atom. The number of carbonyl (C=O) groups is 2. The number of hydrogen-bond donors (Lipinski definition) is 3. The molecule has 0 aromatic heterocycles. The third kappa shape index (κ3) is 46.1. The van der Waals surface area contributed by atoms with E-state index in [0.717, 1.165) is 57.8 Å². The molecule has 1 amide bonds. The molecule has 6 heteroatoms. The number of rotatable bonds is 50. The van der Waals surface area contributed by atoms with Crippen molar-refractivity contribution in [2.75, 3.05) is 13.2 Å². The van der Waals surface area contributed by atoms with Crippen LogP contribution in [0, 0.1) is 0 Å². The Morgan fingerprint density at radius 3 is 1.13 bits per heavy atom. The molecule has 0 saturated heterocycles. The van der Waals surface area contributed by atoms with E-state index in [-0.39, 0.29) is 18.5 Å². The van der Waals surface area contributed by atoms with Crippen molar-refractivity contribution in [1.29, 1.82) is 0 Å². The van der Waals surface area contributed by atoms with Gasteiger partial charge in [0.25, 0.3) is 0 Å². The van der Waals surface area contributed by atoms with Gasteiger partial charge >= 0.3 is 5.97 Å². The second-order valence-corrected chi connectivity index (χ2v) is 18.6. The highest BCUT2D eigenvalue weighted by atomic mass is 16.5. The van der Waals surface area contributed by atoms with Gasteiger partial charge in [0.1, 0.15) is 0 Å². The summed E-state index contributed by atoms with van der Waals surface area (Å²) in [6.07, 6.45) is 57.9. The summed E-state index contributed by atoms with van der Waals surface area (Å²) in [6, 6.07) is -0.647. The maximum Gasteiger partial charge on any atom is 0.305 e. The molecule has 2 atom stereocenters. The minimum absolute atomic E-state index is 0.0233. The number of esters is 1. The fraction of sp³-hybridized carbons (Fsp3) is 0.926. The van der Waals surface area contributed by atoms with Crippen molar-refractivity contribution in [1.82, 2.24) is 5.32 Å². The molecule has 0 bridgehead atoms. The van der Waals surface area contributed by atoms with E-state index in [1.807, 2.05) is 6.08 Å². The first kappa shape index (κ1) is 58.6. The average molecular weight is 848 g/mol. The Morgan fingerprint density at radius 2 is 0.767 bits per heavy atom. The monoisotopic (exact) mass is 848 g/mol. The maximum atomic E-state index is 12.4. The lowest BCUT2D eigenvalue weighted by Crippen LogP contribution is -2.45. The molecule has 0 aliphatic carbocycles. The topological polar surface area (TPSA) is 95.9 Å². The fourth-order valence-corrected chi connectivity index (χ4v) is 8.40. The van der Waals surface area contributed by atoms with Crippen molar-refractivity contribution in [3.63, 3.8) is 0 Å². The zero-order chi connectivity index (χ0) is 43.7. The fourth-order valence-electron chi connectivity index (χ4n) is 8.40. The van der Waals surface area contributed by atoms with Gasteiger partial charge in [-0.3, -0.25) is 9.59 Å². The Hall–Kier alpha value is -1.40. The van der Waals surface area contributed by atoms with Crippen LogP contribution < -0.4 is 5.32 Å². The normalized spacial score (nSPS) is 12.7. The molecule has 0 rings (SSSR count). The van der Waals surface area contributed by atoms with Crippen LogP contribution in [-0.2, 0) is 14.3 Å². The molecular weight excluding hydrogens is 743 g/mol. The highest BCUT2D eigenvalue weighted by molar-refractivity contribution is 5.76. The number of hydrogen-bond acceptors (Lipinski definition) is 5. The highest BCUT2D eigenvalue weighted by Crippen LogP contribution is 2.17. The number of aliphatic hydroxyl groups is 2. The largest absolute Gasteiger partial charge is 0.466 e. The van der Waals surface area contributed by atoms with Crippen molar-refractivity contribution >= 4 is 11.9 Å². The lowest BCUT2D eigenvalue weighted by Gasteiger charge is -2.20. The van der Waals surface area contributed by atoms with E-state index in [1.54, 1.807) is 6.08 Å². The molecule has 0 radical (unpaired) electrons. The first-order valence-electron chi connectivity index (χ1n) is 27.0. The number of allylic oxidation sites excluding steroid dienone is 1. The maximum absolute atomic E-state index is 12.4. The zero-order valence-electron chi connectivity index (χ0n) is 40.5. The minimum atomic E-state index is -0.861. The van der Waals surface area contributed by atoms with Crippen LogP contribution in [0.5, 0.6) is 0 Å².